The summed E-state index contributed by atoms with van der Waals surface area (Å²) in [5.41, 5.74) is 0.792. The zero-order chi connectivity index (χ0) is 13.1. The van der Waals surface area contributed by atoms with Gasteiger partial charge in [0.2, 0.25) is 0 Å². The van der Waals surface area contributed by atoms with Gasteiger partial charge in [-0.25, -0.2) is 4.79 Å². The zero-order valence-corrected chi connectivity index (χ0v) is 10.8. The molecule has 98 valence electrons. The number of methoxy groups -OCH3 is 1. The van der Waals surface area contributed by atoms with E-state index >= 15 is 0 Å². The van der Waals surface area contributed by atoms with Gasteiger partial charge >= 0.3 is 5.97 Å². The largest absolute Gasteiger partial charge is 0.480 e. The van der Waals surface area contributed by atoms with Gasteiger partial charge in [-0.1, -0.05) is 0 Å². The Hall–Kier alpha value is -1.40. The van der Waals surface area contributed by atoms with Crippen molar-refractivity contribution in [3.05, 3.63) is 21.9 Å². The Bertz CT molecular complexity index is 453. The maximum atomic E-state index is 12.0. The highest BCUT2D eigenvalue weighted by molar-refractivity contribution is 7.12. The van der Waals surface area contributed by atoms with E-state index in [4.69, 9.17) is 9.84 Å². The second-order valence-electron chi connectivity index (χ2n) is 4.33. The van der Waals surface area contributed by atoms with E-state index in [9.17, 15) is 9.59 Å². The topological polar surface area (TPSA) is 75.6 Å². The summed E-state index contributed by atoms with van der Waals surface area (Å²) in [5, 5.41) is 13.5. The number of hydrogen-bond donors (Lipinski definition) is 2. The molecule has 2 N–H and O–H groups in total. The molecule has 1 aromatic heterocycles. The lowest BCUT2D eigenvalue weighted by atomic mass is 10.1. The lowest BCUT2D eigenvalue weighted by Gasteiger charge is -2.13. The van der Waals surface area contributed by atoms with Gasteiger partial charge in [-0.05, 0) is 30.2 Å². The lowest BCUT2D eigenvalue weighted by molar-refractivity contribution is -0.139. The normalized spacial score (nSPS) is 16.3. The van der Waals surface area contributed by atoms with Crippen LogP contribution >= 0.6 is 11.3 Å². The summed E-state index contributed by atoms with van der Waals surface area (Å²) in [5.74, 6) is -1.20. The molecule has 0 bridgehead atoms. The van der Waals surface area contributed by atoms with Gasteiger partial charge in [0.15, 0.2) is 0 Å². The van der Waals surface area contributed by atoms with Gasteiger partial charge in [0, 0.05) is 12.7 Å². The summed E-state index contributed by atoms with van der Waals surface area (Å²) in [6, 6.07) is 1.05. The molecule has 0 aliphatic heterocycles. The second-order valence-corrected chi connectivity index (χ2v) is 5.25. The van der Waals surface area contributed by atoms with Gasteiger partial charge in [-0.15, -0.1) is 11.3 Å². The lowest BCUT2D eigenvalue weighted by Crippen LogP contribution is -2.42. The average molecular weight is 269 g/mol. The maximum absolute atomic E-state index is 12.0. The van der Waals surface area contributed by atoms with E-state index in [2.05, 4.69) is 5.32 Å². The Labute approximate surface area is 109 Å². The van der Waals surface area contributed by atoms with Crippen LogP contribution in [0.3, 0.4) is 0 Å². The van der Waals surface area contributed by atoms with E-state index in [1.807, 2.05) is 6.07 Å². The van der Waals surface area contributed by atoms with Crippen molar-refractivity contribution in [2.45, 2.75) is 25.5 Å². The molecule has 5 nitrogen and oxygen atoms in total. The molecule has 2 rings (SSSR count). The number of carboxylic acid groups (broad SMARTS) is 1. The van der Waals surface area contributed by atoms with Crippen LogP contribution < -0.4 is 5.32 Å². The minimum atomic E-state index is -0.962. The molecule has 1 atom stereocenters. The number of rotatable bonds is 6. The predicted molar refractivity (Wildman–Crippen MR) is 66.6 cm³/mol. The van der Waals surface area contributed by atoms with Crippen LogP contribution in [0, 0.1) is 5.92 Å². The van der Waals surface area contributed by atoms with Crippen molar-refractivity contribution in [3.8, 4) is 0 Å². The fourth-order valence-corrected chi connectivity index (χ4v) is 2.63. The van der Waals surface area contributed by atoms with Crippen molar-refractivity contribution >= 4 is 23.2 Å². The molecular weight excluding hydrogens is 254 g/mol. The number of carbonyl (C=O) groups excluding carboxylic acids is 1. The Kier molecular flexibility index (Phi) is 3.98. The summed E-state index contributed by atoms with van der Waals surface area (Å²) >= 11 is 1.30. The van der Waals surface area contributed by atoms with Gasteiger partial charge in [0.1, 0.15) is 6.04 Å². The monoisotopic (exact) mass is 269 g/mol. The number of carboxylic acids is 1. The Morgan fingerprint density at radius 3 is 2.89 bits per heavy atom. The number of aliphatic carboxylic acids is 1. The minimum Gasteiger partial charge on any atom is -0.480 e. The van der Waals surface area contributed by atoms with Crippen molar-refractivity contribution < 1.29 is 19.4 Å². The molecule has 0 spiro atoms. The summed E-state index contributed by atoms with van der Waals surface area (Å²) in [7, 11) is 1.56. The molecule has 0 saturated heterocycles. The number of carbonyl (C=O) groups is 2. The third kappa shape index (κ3) is 2.88. The number of nitrogens with one attached hydrogen (secondary N) is 1. The Morgan fingerprint density at radius 2 is 2.33 bits per heavy atom. The molecule has 1 amide bonds. The average Bonchev–Trinajstić information content (AvgIpc) is 3.05. The van der Waals surface area contributed by atoms with Crippen molar-refractivity contribution in [2.24, 2.45) is 5.92 Å². The molecule has 1 aliphatic rings. The van der Waals surface area contributed by atoms with Crippen molar-refractivity contribution in [1.82, 2.24) is 5.32 Å². The molecule has 1 fully saturated rings. The fourth-order valence-electron chi connectivity index (χ4n) is 1.82. The Morgan fingerprint density at radius 1 is 1.61 bits per heavy atom. The molecule has 6 heteroatoms. The van der Waals surface area contributed by atoms with Crippen LogP contribution in [0.25, 0.3) is 0 Å². The number of amides is 1. The quantitative estimate of drug-likeness (QED) is 0.820. The van der Waals surface area contributed by atoms with E-state index in [1.165, 1.54) is 11.3 Å². The first-order valence-electron chi connectivity index (χ1n) is 5.72. The van der Waals surface area contributed by atoms with Crippen LogP contribution in [0.4, 0.5) is 0 Å². The summed E-state index contributed by atoms with van der Waals surface area (Å²) in [4.78, 5) is 23.6. The van der Waals surface area contributed by atoms with Crippen molar-refractivity contribution in [1.29, 1.82) is 0 Å². The maximum Gasteiger partial charge on any atom is 0.326 e. The second kappa shape index (κ2) is 5.49. The van der Waals surface area contributed by atoms with Crippen LogP contribution in [-0.2, 0) is 16.1 Å². The fraction of sp³-hybridized carbons (Fsp3) is 0.500. The van der Waals surface area contributed by atoms with Crippen molar-refractivity contribution in [2.75, 3.05) is 7.11 Å². The standard InChI is InChI=1S/C12H15NO4S/c1-17-6-8-4-5-18-10(8)11(14)13-9(12(15)16)7-2-3-7/h4-5,7,9H,2-3,6H2,1H3,(H,13,14)(H,15,16). The van der Waals surface area contributed by atoms with E-state index < -0.39 is 12.0 Å². The highest BCUT2D eigenvalue weighted by Gasteiger charge is 2.37. The summed E-state index contributed by atoms with van der Waals surface area (Å²) in [6.07, 6.45) is 1.74. The van der Waals surface area contributed by atoms with E-state index in [0.717, 1.165) is 18.4 Å². The van der Waals surface area contributed by atoms with E-state index in [1.54, 1.807) is 12.5 Å². The molecule has 0 radical (unpaired) electrons. The summed E-state index contributed by atoms with van der Waals surface area (Å²) < 4.78 is 5.00. The molecular formula is C12H15NO4S. The first kappa shape index (κ1) is 13.0. The van der Waals surface area contributed by atoms with Crippen LogP contribution in [0.2, 0.25) is 0 Å². The zero-order valence-electron chi connectivity index (χ0n) is 10.0. The molecule has 1 saturated carbocycles. The third-order valence-corrected chi connectivity index (χ3v) is 3.85. The number of thiophene rings is 1. The molecule has 1 aliphatic carbocycles. The van der Waals surface area contributed by atoms with Crippen LogP contribution in [0.15, 0.2) is 11.4 Å². The van der Waals surface area contributed by atoms with E-state index in [0.29, 0.717) is 11.5 Å². The van der Waals surface area contributed by atoms with Crippen LogP contribution in [-0.4, -0.2) is 30.1 Å². The molecule has 1 aromatic rings. The molecule has 18 heavy (non-hydrogen) atoms. The number of ether oxygens (including phenoxy) is 1. The van der Waals surface area contributed by atoms with Gasteiger partial charge in [0.25, 0.3) is 5.91 Å². The smallest absolute Gasteiger partial charge is 0.326 e. The van der Waals surface area contributed by atoms with Gasteiger partial charge in [-0.3, -0.25) is 4.79 Å². The highest BCUT2D eigenvalue weighted by Crippen LogP contribution is 2.33. The molecule has 1 unspecified atom stereocenters. The van der Waals surface area contributed by atoms with Gasteiger partial charge < -0.3 is 15.2 Å². The predicted octanol–water partition coefficient (Wildman–Crippen LogP) is 1.49. The van der Waals surface area contributed by atoms with Gasteiger partial charge in [-0.2, -0.15) is 0 Å². The molecule has 0 aromatic carbocycles. The third-order valence-electron chi connectivity index (χ3n) is 2.90. The Balaban J connectivity index is 2.06. The molecule has 1 heterocycles. The van der Waals surface area contributed by atoms with Gasteiger partial charge in [0.05, 0.1) is 11.5 Å². The highest BCUT2D eigenvalue weighted by atomic mass is 32.1. The number of hydrogen-bond acceptors (Lipinski definition) is 4. The van der Waals surface area contributed by atoms with Crippen LogP contribution in [0.1, 0.15) is 28.1 Å². The SMILES string of the molecule is COCc1ccsc1C(=O)NC(C(=O)O)C1CC1. The van der Waals surface area contributed by atoms with E-state index in [-0.39, 0.29) is 11.8 Å². The first-order chi connectivity index (χ1) is 8.63. The first-order valence-corrected chi connectivity index (χ1v) is 6.60. The summed E-state index contributed by atoms with van der Waals surface area (Å²) in [6.45, 7) is 0.355. The minimum absolute atomic E-state index is 0.0808. The van der Waals surface area contributed by atoms with Crippen molar-refractivity contribution in [3.63, 3.8) is 0 Å². The van der Waals surface area contributed by atoms with Crippen LogP contribution in [0.5, 0.6) is 0 Å².